The van der Waals surface area contributed by atoms with E-state index in [2.05, 4.69) is 15.5 Å². The van der Waals surface area contributed by atoms with Gasteiger partial charge in [0.25, 0.3) is 5.89 Å². The molecule has 3 rings (SSSR count). The van der Waals surface area contributed by atoms with E-state index in [4.69, 9.17) is 16.1 Å². The van der Waals surface area contributed by atoms with E-state index in [1.807, 2.05) is 6.92 Å². The Hall–Kier alpha value is -1.95. The first-order valence-corrected chi connectivity index (χ1v) is 6.98. The number of carbonyl (C=O) groups excluding carboxylic acids is 1. The zero-order valence-electron chi connectivity index (χ0n) is 11.3. The molecule has 1 fully saturated rings. The molecule has 0 bridgehead atoms. The molecule has 1 aromatic heterocycles. The van der Waals surface area contributed by atoms with Crippen LogP contribution in [0.4, 0.5) is 4.39 Å². The minimum atomic E-state index is -0.534. The van der Waals surface area contributed by atoms with Crippen molar-refractivity contribution in [1.29, 1.82) is 0 Å². The molecule has 1 aliphatic carbocycles. The van der Waals surface area contributed by atoms with Gasteiger partial charge in [0.15, 0.2) is 5.82 Å². The van der Waals surface area contributed by atoms with Gasteiger partial charge >= 0.3 is 0 Å². The number of hydrogen-bond donors (Lipinski definition) is 1. The summed E-state index contributed by atoms with van der Waals surface area (Å²) in [6, 6.07) is 4.19. The Kier molecular flexibility index (Phi) is 3.63. The third-order valence-corrected chi connectivity index (χ3v) is 3.73. The lowest BCUT2D eigenvalue weighted by Crippen LogP contribution is -2.25. The lowest BCUT2D eigenvalue weighted by atomic mass is 10.2. The molecule has 1 heterocycles. The van der Waals surface area contributed by atoms with Gasteiger partial charge in [0.2, 0.25) is 5.91 Å². The molecule has 1 amide bonds. The molecule has 0 unspecified atom stereocenters. The molecule has 1 aliphatic rings. The third-order valence-electron chi connectivity index (χ3n) is 3.50. The van der Waals surface area contributed by atoms with E-state index >= 15 is 0 Å². The minimum Gasteiger partial charge on any atom is -0.348 e. The molecule has 0 radical (unpaired) electrons. The highest BCUT2D eigenvalue weighted by atomic mass is 35.5. The maximum absolute atomic E-state index is 13.7. The molecule has 1 aromatic carbocycles. The van der Waals surface area contributed by atoms with Crippen molar-refractivity contribution in [2.75, 3.05) is 0 Å². The van der Waals surface area contributed by atoms with Crippen molar-refractivity contribution in [2.45, 2.75) is 19.9 Å². The SMILES string of the molecule is C[C@@H]1C[C@H]1C(=O)NCc1noc(-c2ccc(Cl)cc2F)n1. The zero-order chi connectivity index (χ0) is 15.0. The molecular formula is C14H13ClFN3O2. The van der Waals surface area contributed by atoms with E-state index in [0.717, 1.165) is 6.42 Å². The number of nitrogens with one attached hydrogen (secondary N) is 1. The Morgan fingerprint density at radius 2 is 2.33 bits per heavy atom. The Morgan fingerprint density at radius 3 is 3.00 bits per heavy atom. The fraction of sp³-hybridized carbons (Fsp3) is 0.357. The minimum absolute atomic E-state index is 0.00785. The van der Waals surface area contributed by atoms with Crippen LogP contribution < -0.4 is 5.32 Å². The largest absolute Gasteiger partial charge is 0.348 e. The fourth-order valence-electron chi connectivity index (χ4n) is 2.08. The Bertz CT molecular complexity index is 689. The van der Waals surface area contributed by atoms with Crippen LogP contribution in [0.5, 0.6) is 0 Å². The van der Waals surface area contributed by atoms with E-state index < -0.39 is 5.82 Å². The van der Waals surface area contributed by atoms with E-state index in [1.165, 1.54) is 12.1 Å². The molecule has 0 spiro atoms. The van der Waals surface area contributed by atoms with Crippen molar-refractivity contribution in [2.24, 2.45) is 11.8 Å². The molecule has 2 atom stereocenters. The first kappa shape index (κ1) is 14.0. The van der Waals surface area contributed by atoms with Crippen LogP contribution >= 0.6 is 11.6 Å². The van der Waals surface area contributed by atoms with Crippen LogP contribution in [0.2, 0.25) is 5.02 Å². The summed E-state index contributed by atoms with van der Waals surface area (Å²) in [7, 11) is 0. The van der Waals surface area contributed by atoms with E-state index in [0.29, 0.717) is 16.8 Å². The molecule has 0 aliphatic heterocycles. The number of rotatable bonds is 4. The summed E-state index contributed by atoms with van der Waals surface area (Å²) >= 11 is 5.69. The summed E-state index contributed by atoms with van der Waals surface area (Å²) in [5.74, 6) is 0.355. The van der Waals surface area contributed by atoms with Gasteiger partial charge in [-0.05, 0) is 30.5 Å². The first-order chi connectivity index (χ1) is 10.0. The molecule has 21 heavy (non-hydrogen) atoms. The summed E-state index contributed by atoms with van der Waals surface area (Å²) < 4.78 is 18.7. The Balaban J connectivity index is 1.67. The predicted octanol–water partition coefficient (Wildman–Crippen LogP) is 2.80. The van der Waals surface area contributed by atoms with Crippen LogP contribution in [0.3, 0.4) is 0 Å². The van der Waals surface area contributed by atoms with Gasteiger partial charge in [-0.15, -0.1) is 0 Å². The van der Waals surface area contributed by atoms with Crippen molar-refractivity contribution in [3.8, 4) is 11.5 Å². The highest BCUT2D eigenvalue weighted by Crippen LogP contribution is 2.37. The molecule has 5 nitrogen and oxygen atoms in total. The quantitative estimate of drug-likeness (QED) is 0.943. The third kappa shape index (κ3) is 3.05. The molecule has 0 saturated heterocycles. The van der Waals surface area contributed by atoms with Gasteiger partial charge in [-0.1, -0.05) is 23.7 Å². The van der Waals surface area contributed by atoms with Gasteiger partial charge in [-0.3, -0.25) is 4.79 Å². The first-order valence-electron chi connectivity index (χ1n) is 6.60. The monoisotopic (exact) mass is 309 g/mol. The van der Waals surface area contributed by atoms with Crippen molar-refractivity contribution in [1.82, 2.24) is 15.5 Å². The van der Waals surface area contributed by atoms with Gasteiger partial charge in [0.1, 0.15) is 5.82 Å². The normalized spacial score (nSPS) is 20.3. The second-order valence-electron chi connectivity index (χ2n) is 5.18. The molecule has 7 heteroatoms. The maximum atomic E-state index is 13.7. The standard InChI is InChI=1S/C14H13ClFN3O2/c1-7-4-10(7)13(20)17-6-12-18-14(21-19-12)9-3-2-8(15)5-11(9)16/h2-3,5,7,10H,4,6H2,1H3,(H,17,20)/t7-,10-/m1/s1. The molecule has 2 aromatic rings. The summed E-state index contributed by atoms with van der Waals surface area (Å²) in [5, 5.41) is 6.76. The van der Waals surface area contributed by atoms with Crippen LogP contribution in [0.1, 0.15) is 19.2 Å². The van der Waals surface area contributed by atoms with Gasteiger partial charge in [-0.25, -0.2) is 4.39 Å². The second-order valence-corrected chi connectivity index (χ2v) is 5.61. The average molecular weight is 310 g/mol. The van der Waals surface area contributed by atoms with Crippen molar-refractivity contribution in [3.63, 3.8) is 0 Å². The number of nitrogens with zero attached hydrogens (tertiary/aromatic N) is 2. The van der Waals surface area contributed by atoms with Gasteiger partial charge in [-0.2, -0.15) is 4.98 Å². The number of carbonyl (C=O) groups is 1. The van der Waals surface area contributed by atoms with Crippen LogP contribution in [-0.4, -0.2) is 16.0 Å². The summed E-state index contributed by atoms with van der Waals surface area (Å²) in [4.78, 5) is 15.8. The lowest BCUT2D eigenvalue weighted by Gasteiger charge is -1.99. The Labute approximate surface area is 125 Å². The highest BCUT2D eigenvalue weighted by molar-refractivity contribution is 6.30. The van der Waals surface area contributed by atoms with Crippen molar-refractivity contribution < 1.29 is 13.7 Å². The topological polar surface area (TPSA) is 68.0 Å². The second kappa shape index (κ2) is 5.44. The summed E-state index contributed by atoms with van der Waals surface area (Å²) in [6.07, 6.45) is 0.916. The predicted molar refractivity (Wildman–Crippen MR) is 73.8 cm³/mol. The molecular weight excluding hydrogens is 297 g/mol. The smallest absolute Gasteiger partial charge is 0.260 e. The van der Waals surface area contributed by atoms with Crippen LogP contribution in [-0.2, 0) is 11.3 Å². The average Bonchev–Trinajstić information content (AvgIpc) is 2.99. The highest BCUT2D eigenvalue weighted by Gasteiger charge is 2.38. The van der Waals surface area contributed by atoms with E-state index in [-0.39, 0.29) is 29.8 Å². The van der Waals surface area contributed by atoms with Gasteiger partial charge in [0, 0.05) is 10.9 Å². The molecule has 1 saturated carbocycles. The number of amides is 1. The molecule has 110 valence electrons. The van der Waals surface area contributed by atoms with E-state index in [1.54, 1.807) is 6.07 Å². The summed E-state index contributed by atoms with van der Waals surface area (Å²) in [6.45, 7) is 2.20. The van der Waals surface area contributed by atoms with Crippen LogP contribution in [0, 0.1) is 17.7 Å². The Morgan fingerprint density at radius 1 is 1.57 bits per heavy atom. The van der Waals surface area contributed by atoms with Crippen molar-refractivity contribution in [3.05, 3.63) is 34.9 Å². The van der Waals surface area contributed by atoms with E-state index in [9.17, 15) is 9.18 Å². The maximum Gasteiger partial charge on any atom is 0.260 e. The van der Waals surface area contributed by atoms with Crippen LogP contribution in [0.25, 0.3) is 11.5 Å². The number of hydrogen-bond acceptors (Lipinski definition) is 4. The number of aromatic nitrogens is 2. The van der Waals surface area contributed by atoms with Gasteiger partial charge < -0.3 is 9.84 Å². The summed E-state index contributed by atoms with van der Waals surface area (Å²) in [5.41, 5.74) is 0.181. The number of halogens is 2. The van der Waals surface area contributed by atoms with Gasteiger partial charge in [0.05, 0.1) is 12.1 Å². The molecule has 1 N–H and O–H groups in total. The lowest BCUT2D eigenvalue weighted by molar-refractivity contribution is -0.122. The zero-order valence-corrected chi connectivity index (χ0v) is 12.0. The fourth-order valence-corrected chi connectivity index (χ4v) is 2.24. The number of benzene rings is 1. The van der Waals surface area contributed by atoms with Crippen LogP contribution in [0.15, 0.2) is 22.7 Å². The van der Waals surface area contributed by atoms with Crippen molar-refractivity contribution >= 4 is 17.5 Å².